The topological polar surface area (TPSA) is 79.8 Å². The molecule has 1 rings (SSSR count). The van der Waals surface area contributed by atoms with E-state index in [1.807, 2.05) is 37.3 Å². The van der Waals surface area contributed by atoms with Crippen LogP contribution in [0.3, 0.4) is 0 Å². The van der Waals surface area contributed by atoms with Crippen molar-refractivity contribution in [3.8, 4) is 0 Å². The van der Waals surface area contributed by atoms with Gasteiger partial charge in [0.1, 0.15) is 9.84 Å². The Hall–Kier alpha value is -1.60. The fraction of sp³-hybridized carbons (Fsp3) is 0.611. The molecule has 2 unspecified atom stereocenters. The van der Waals surface area contributed by atoms with Gasteiger partial charge in [0.2, 0.25) is 0 Å². The van der Waals surface area contributed by atoms with Gasteiger partial charge in [0, 0.05) is 25.9 Å². The van der Waals surface area contributed by atoms with Crippen molar-refractivity contribution in [2.24, 2.45) is 10.9 Å². The predicted molar refractivity (Wildman–Crippen MR) is 104 cm³/mol. The summed E-state index contributed by atoms with van der Waals surface area (Å²) in [4.78, 5) is 4.18. The lowest BCUT2D eigenvalue weighted by atomic mass is 10.2. The lowest BCUT2D eigenvalue weighted by Gasteiger charge is -2.19. The van der Waals surface area contributed by atoms with Crippen LogP contribution in [-0.2, 0) is 21.2 Å². The number of guanidine groups is 1. The highest BCUT2D eigenvalue weighted by Crippen LogP contribution is 2.03. The van der Waals surface area contributed by atoms with Crippen LogP contribution in [0.4, 0.5) is 0 Å². The number of benzene rings is 1. The van der Waals surface area contributed by atoms with E-state index in [9.17, 15) is 8.42 Å². The molecule has 1 aromatic rings. The molecule has 0 fully saturated rings. The summed E-state index contributed by atoms with van der Waals surface area (Å²) in [6.07, 6.45) is 1.80. The zero-order chi connectivity index (χ0) is 18.7. The maximum atomic E-state index is 11.2. The van der Waals surface area contributed by atoms with Crippen LogP contribution in [0, 0.1) is 5.92 Å². The molecule has 0 aromatic heterocycles. The van der Waals surface area contributed by atoms with Crippen molar-refractivity contribution in [2.75, 3.05) is 32.2 Å². The Morgan fingerprint density at radius 1 is 1.24 bits per heavy atom. The van der Waals surface area contributed by atoms with Crippen molar-refractivity contribution < 1.29 is 13.2 Å². The summed E-state index contributed by atoms with van der Waals surface area (Å²) in [6, 6.07) is 10.1. The van der Waals surface area contributed by atoms with Gasteiger partial charge in [-0.3, -0.25) is 4.99 Å². The summed E-state index contributed by atoms with van der Waals surface area (Å²) in [5.41, 5.74) is 1.17. The van der Waals surface area contributed by atoms with E-state index in [-0.39, 0.29) is 11.8 Å². The second kappa shape index (κ2) is 11.1. The van der Waals surface area contributed by atoms with Crippen LogP contribution in [0.5, 0.6) is 0 Å². The summed E-state index contributed by atoms with van der Waals surface area (Å²) < 4.78 is 28.2. The maximum absolute atomic E-state index is 11.2. The first-order valence-electron chi connectivity index (χ1n) is 8.56. The first-order chi connectivity index (χ1) is 11.8. The Kier molecular flexibility index (Phi) is 9.52. The fourth-order valence-electron chi connectivity index (χ4n) is 2.17. The third-order valence-electron chi connectivity index (χ3n) is 3.66. The fourth-order valence-corrected chi connectivity index (χ4v) is 2.95. The number of aliphatic imine (C=N–C) groups is 1. The second-order valence-electron chi connectivity index (χ2n) is 6.52. The number of ether oxygens (including phenoxy) is 1. The van der Waals surface area contributed by atoms with Gasteiger partial charge >= 0.3 is 0 Å². The van der Waals surface area contributed by atoms with Gasteiger partial charge in [0.15, 0.2) is 5.96 Å². The van der Waals surface area contributed by atoms with Crippen LogP contribution in [0.25, 0.3) is 0 Å². The molecule has 0 aliphatic heterocycles. The Balaban J connectivity index is 2.24. The van der Waals surface area contributed by atoms with E-state index in [4.69, 9.17) is 4.74 Å². The molecule has 1 aromatic carbocycles. The first kappa shape index (κ1) is 21.4. The second-order valence-corrected chi connectivity index (χ2v) is 8.78. The van der Waals surface area contributed by atoms with Crippen molar-refractivity contribution in [2.45, 2.75) is 32.9 Å². The lowest BCUT2D eigenvalue weighted by Crippen LogP contribution is -2.44. The molecule has 0 spiro atoms. The maximum Gasteiger partial charge on any atom is 0.191 e. The highest BCUT2D eigenvalue weighted by molar-refractivity contribution is 7.90. The van der Waals surface area contributed by atoms with Crippen LogP contribution in [-0.4, -0.2) is 52.6 Å². The molecule has 0 bridgehead atoms. The minimum atomic E-state index is -2.94. The van der Waals surface area contributed by atoms with E-state index in [0.29, 0.717) is 31.5 Å². The van der Waals surface area contributed by atoms with Gasteiger partial charge in [-0.05, 0) is 24.8 Å². The molecular weight excluding hydrogens is 338 g/mol. The minimum Gasteiger partial charge on any atom is -0.376 e. The average Bonchev–Trinajstić information content (AvgIpc) is 2.57. The van der Waals surface area contributed by atoms with Crippen molar-refractivity contribution in [3.05, 3.63) is 35.9 Å². The van der Waals surface area contributed by atoms with Gasteiger partial charge in [0.05, 0.1) is 19.0 Å². The Labute approximate surface area is 152 Å². The van der Waals surface area contributed by atoms with Gasteiger partial charge in [-0.1, -0.05) is 37.3 Å². The van der Waals surface area contributed by atoms with Crippen LogP contribution in [0.1, 0.15) is 25.8 Å². The number of nitrogens with zero attached hydrogens (tertiary/aromatic N) is 1. The van der Waals surface area contributed by atoms with Gasteiger partial charge < -0.3 is 15.4 Å². The molecule has 0 saturated carbocycles. The van der Waals surface area contributed by atoms with Gasteiger partial charge in [0.25, 0.3) is 0 Å². The molecule has 2 atom stereocenters. The van der Waals surface area contributed by atoms with Crippen molar-refractivity contribution in [1.82, 2.24) is 10.6 Å². The number of sulfone groups is 1. The summed E-state index contributed by atoms with van der Waals surface area (Å²) in [6.45, 7) is 6.05. The van der Waals surface area contributed by atoms with Gasteiger partial charge in [-0.15, -0.1) is 0 Å². The first-order valence-corrected chi connectivity index (χ1v) is 10.6. The Morgan fingerprint density at radius 3 is 2.52 bits per heavy atom. The van der Waals surface area contributed by atoms with Crippen molar-refractivity contribution in [3.63, 3.8) is 0 Å². The van der Waals surface area contributed by atoms with E-state index in [2.05, 4.69) is 22.5 Å². The lowest BCUT2D eigenvalue weighted by molar-refractivity contribution is 0.0931. The summed E-state index contributed by atoms with van der Waals surface area (Å²) in [5, 5.41) is 6.47. The minimum absolute atomic E-state index is 0.0329. The van der Waals surface area contributed by atoms with Crippen LogP contribution in [0.15, 0.2) is 35.3 Å². The zero-order valence-electron chi connectivity index (χ0n) is 15.7. The van der Waals surface area contributed by atoms with Crippen molar-refractivity contribution >= 4 is 15.8 Å². The van der Waals surface area contributed by atoms with Crippen LogP contribution >= 0.6 is 0 Å². The third-order valence-corrected chi connectivity index (χ3v) is 4.64. The normalized spacial score (nSPS) is 14.8. The number of rotatable bonds is 10. The van der Waals surface area contributed by atoms with E-state index < -0.39 is 9.84 Å². The van der Waals surface area contributed by atoms with E-state index in [1.165, 1.54) is 11.8 Å². The summed E-state index contributed by atoms with van der Waals surface area (Å²) >= 11 is 0. The molecule has 2 N–H and O–H groups in total. The van der Waals surface area contributed by atoms with E-state index in [1.54, 1.807) is 7.05 Å². The quantitative estimate of drug-likeness (QED) is 0.486. The SMILES string of the molecule is CN=C(NCC(C)COCc1ccccc1)NC(C)CCS(C)(=O)=O. The number of hydrogen-bond acceptors (Lipinski definition) is 4. The molecule has 6 nitrogen and oxygen atoms in total. The highest BCUT2D eigenvalue weighted by Gasteiger charge is 2.10. The molecule has 0 heterocycles. The molecule has 0 saturated heterocycles. The zero-order valence-corrected chi connectivity index (χ0v) is 16.5. The molecule has 0 aliphatic rings. The van der Waals surface area contributed by atoms with E-state index in [0.717, 1.165) is 6.54 Å². The van der Waals surface area contributed by atoms with Crippen molar-refractivity contribution in [1.29, 1.82) is 0 Å². The molecule has 7 heteroatoms. The molecule has 0 aliphatic carbocycles. The Morgan fingerprint density at radius 2 is 1.92 bits per heavy atom. The summed E-state index contributed by atoms with van der Waals surface area (Å²) in [7, 11) is -1.23. The standard InChI is InChI=1S/C18H31N3O3S/c1-15(13-24-14-17-8-6-5-7-9-17)12-20-18(19-3)21-16(2)10-11-25(4,22)23/h5-9,15-16H,10-14H2,1-4H3,(H2,19,20,21). The molecular formula is C18H31N3O3S. The molecule has 142 valence electrons. The van der Waals surface area contributed by atoms with Gasteiger partial charge in [-0.25, -0.2) is 8.42 Å². The number of hydrogen-bond donors (Lipinski definition) is 2. The molecule has 0 amide bonds. The van der Waals surface area contributed by atoms with Gasteiger partial charge in [-0.2, -0.15) is 0 Å². The predicted octanol–water partition coefficient (Wildman–Crippen LogP) is 1.83. The largest absolute Gasteiger partial charge is 0.376 e. The monoisotopic (exact) mass is 369 g/mol. The third kappa shape index (κ3) is 10.8. The smallest absolute Gasteiger partial charge is 0.191 e. The van der Waals surface area contributed by atoms with Crippen LogP contribution in [0.2, 0.25) is 0 Å². The average molecular weight is 370 g/mol. The Bertz CT molecular complexity index is 618. The molecule has 0 radical (unpaired) electrons. The van der Waals surface area contributed by atoms with E-state index >= 15 is 0 Å². The molecule has 25 heavy (non-hydrogen) atoms. The van der Waals surface area contributed by atoms with Crippen LogP contribution < -0.4 is 10.6 Å². The highest BCUT2D eigenvalue weighted by atomic mass is 32.2. The number of nitrogens with one attached hydrogen (secondary N) is 2. The summed E-state index contributed by atoms with van der Waals surface area (Å²) in [5.74, 6) is 1.17.